The van der Waals surface area contributed by atoms with E-state index >= 15 is 0 Å². The molecule has 4 aromatic rings. The highest BCUT2D eigenvalue weighted by Crippen LogP contribution is 2.37. The van der Waals surface area contributed by atoms with Crippen LogP contribution in [-0.2, 0) is 6.61 Å². The van der Waals surface area contributed by atoms with Gasteiger partial charge in [-0.05, 0) is 62.1 Å². The number of ether oxygens (including phenoxy) is 2. The standard InChI is InChI=1S/C26H20BrClN2O3/c1-32-24-14-17(15-29-30-26(31)21-11-4-5-12-23(21)28)13-22(27)25(24)33-16-19-9-6-8-18-7-2-3-10-20(18)19/h2-15H,16H2,1H3,(H,30,31)/b29-15-. The van der Waals surface area contributed by atoms with Gasteiger partial charge in [0.15, 0.2) is 11.5 Å². The van der Waals surface area contributed by atoms with Gasteiger partial charge in [-0.2, -0.15) is 5.10 Å². The topological polar surface area (TPSA) is 59.9 Å². The van der Waals surface area contributed by atoms with Crippen molar-refractivity contribution in [3.05, 3.63) is 105 Å². The molecule has 0 saturated carbocycles. The predicted octanol–water partition coefficient (Wildman–Crippen LogP) is 6.61. The van der Waals surface area contributed by atoms with E-state index in [1.165, 1.54) is 6.21 Å². The number of fused-ring (bicyclic) bond motifs is 1. The molecule has 0 radical (unpaired) electrons. The van der Waals surface area contributed by atoms with Gasteiger partial charge >= 0.3 is 0 Å². The zero-order chi connectivity index (χ0) is 23.2. The number of hydrazone groups is 1. The van der Waals surface area contributed by atoms with E-state index in [4.69, 9.17) is 21.1 Å². The molecule has 0 aliphatic heterocycles. The normalized spacial score (nSPS) is 11.0. The first-order chi connectivity index (χ1) is 16.1. The number of rotatable bonds is 7. The van der Waals surface area contributed by atoms with Crippen LogP contribution in [0.3, 0.4) is 0 Å². The van der Waals surface area contributed by atoms with Crippen molar-refractivity contribution in [2.75, 3.05) is 7.11 Å². The number of methoxy groups -OCH3 is 1. The average Bonchev–Trinajstić information content (AvgIpc) is 2.83. The van der Waals surface area contributed by atoms with Crippen LogP contribution in [0.2, 0.25) is 5.02 Å². The summed E-state index contributed by atoms with van der Waals surface area (Å²) in [6.07, 6.45) is 1.52. The van der Waals surface area contributed by atoms with Crippen LogP contribution in [0.1, 0.15) is 21.5 Å². The minimum absolute atomic E-state index is 0.354. The van der Waals surface area contributed by atoms with Gasteiger partial charge < -0.3 is 9.47 Å². The zero-order valence-electron chi connectivity index (χ0n) is 17.7. The maximum absolute atomic E-state index is 12.2. The van der Waals surface area contributed by atoms with Gasteiger partial charge in [-0.1, -0.05) is 66.2 Å². The SMILES string of the molecule is COc1cc(/C=N\NC(=O)c2ccccc2Cl)cc(Br)c1OCc1cccc2ccccc12. The van der Waals surface area contributed by atoms with Crippen molar-refractivity contribution in [2.45, 2.75) is 6.61 Å². The largest absolute Gasteiger partial charge is 0.493 e. The maximum Gasteiger partial charge on any atom is 0.272 e. The van der Waals surface area contributed by atoms with E-state index in [1.54, 1.807) is 37.4 Å². The van der Waals surface area contributed by atoms with E-state index in [0.717, 1.165) is 21.9 Å². The second-order valence-electron chi connectivity index (χ2n) is 7.14. The number of hydrogen-bond donors (Lipinski definition) is 1. The molecule has 1 N–H and O–H groups in total. The quantitative estimate of drug-likeness (QED) is 0.219. The number of nitrogens with one attached hydrogen (secondary N) is 1. The molecular weight excluding hydrogens is 504 g/mol. The number of benzene rings is 4. The van der Waals surface area contributed by atoms with Gasteiger partial charge in [0.2, 0.25) is 0 Å². The zero-order valence-corrected chi connectivity index (χ0v) is 20.1. The van der Waals surface area contributed by atoms with Crippen LogP contribution in [0.4, 0.5) is 0 Å². The molecule has 0 bridgehead atoms. The highest BCUT2D eigenvalue weighted by Gasteiger charge is 2.13. The van der Waals surface area contributed by atoms with E-state index in [-0.39, 0.29) is 0 Å². The van der Waals surface area contributed by atoms with Crippen LogP contribution < -0.4 is 14.9 Å². The Balaban J connectivity index is 1.49. The summed E-state index contributed by atoms with van der Waals surface area (Å²) in [5.41, 5.74) is 4.63. The lowest BCUT2D eigenvalue weighted by Crippen LogP contribution is -2.17. The van der Waals surface area contributed by atoms with Crippen LogP contribution in [0.15, 0.2) is 88.4 Å². The summed E-state index contributed by atoms with van der Waals surface area (Å²) >= 11 is 9.61. The second-order valence-corrected chi connectivity index (χ2v) is 8.40. The van der Waals surface area contributed by atoms with Crippen LogP contribution in [0, 0.1) is 0 Å². The molecule has 0 aliphatic carbocycles. The first-order valence-electron chi connectivity index (χ1n) is 10.1. The molecule has 4 aromatic carbocycles. The van der Waals surface area contributed by atoms with Crippen molar-refractivity contribution in [3.63, 3.8) is 0 Å². The molecule has 0 heterocycles. The monoisotopic (exact) mass is 522 g/mol. The van der Waals surface area contributed by atoms with E-state index in [2.05, 4.69) is 44.7 Å². The second kappa shape index (κ2) is 10.5. The van der Waals surface area contributed by atoms with E-state index < -0.39 is 5.91 Å². The number of carbonyl (C=O) groups is 1. The number of carbonyl (C=O) groups excluding carboxylic acids is 1. The van der Waals surface area contributed by atoms with Gasteiger partial charge in [-0.25, -0.2) is 5.43 Å². The molecule has 0 spiro atoms. The number of nitrogens with zero attached hydrogens (tertiary/aromatic N) is 1. The summed E-state index contributed by atoms with van der Waals surface area (Å²) in [6.45, 7) is 0.387. The van der Waals surface area contributed by atoms with Crippen molar-refractivity contribution in [3.8, 4) is 11.5 Å². The molecule has 0 fully saturated rings. The first-order valence-corrected chi connectivity index (χ1v) is 11.3. The molecule has 5 nitrogen and oxygen atoms in total. The third kappa shape index (κ3) is 5.35. The molecule has 7 heteroatoms. The number of amides is 1. The lowest BCUT2D eigenvalue weighted by atomic mass is 10.1. The fourth-order valence-electron chi connectivity index (χ4n) is 3.39. The number of hydrogen-bond acceptors (Lipinski definition) is 4. The molecule has 0 unspecified atom stereocenters. The van der Waals surface area contributed by atoms with Crippen molar-refractivity contribution in [1.29, 1.82) is 0 Å². The molecule has 33 heavy (non-hydrogen) atoms. The highest BCUT2D eigenvalue weighted by atomic mass is 79.9. The summed E-state index contributed by atoms with van der Waals surface area (Å²) in [6, 6.07) is 24.7. The molecule has 1 amide bonds. The van der Waals surface area contributed by atoms with Crippen molar-refractivity contribution in [1.82, 2.24) is 5.43 Å². The van der Waals surface area contributed by atoms with Crippen molar-refractivity contribution < 1.29 is 14.3 Å². The van der Waals surface area contributed by atoms with Gasteiger partial charge in [0, 0.05) is 0 Å². The van der Waals surface area contributed by atoms with Gasteiger partial charge in [-0.15, -0.1) is 0 Å². The Kier molecular flexibility index (Phi) is 7.27. The molecule has 4 rings (SSSR count). The van der Waals surface area contributed by atoms with E-state index in [1.807, 2.05) is 30.3 Å². The van der Waals surface area contributed by atoms with Crippen LogP contribution in [0.25, 0.3) is 10.8 Å². The van der Waals surface area contributed by atoms with Crippen molar-refractivity contribution in [2.24, 2.45) is 5.10 Å². The summed E-state index contributed by atoms with van der Waals surface area (Å²) in [5.74, 6) is 0.740. The lowest BCUT2D eigenvalue weighted by molar-refractivity contribution is 0.0955. The minimum Gasteiger partial charge on any atom is -0.493 e. The maximum atomic E-state index is 12.2. The molecule has 0 saturated heterocycles. The summed E-state index contributed by atoms with van der Waals surface area (Å²) in [5, 5.41) is 6.70. The Hall–Kier alpha value is -3.35. The Bertz CT molecular complexity index is 1340. The molecule has 0 aliphatic rings. The first kappa shape index (κ1) is 22.8. The lowest BCUT2D eigenvalue weighted by Gasteiger charge is -2.14. The fraction of sp³-hybridized carbons (Fsp3) is 0.0769. The highest BCUT2D eigenvalue weighted by molar-refractivity contribution is 9.10. The number of halogens is 2. The van der Waals surface area contributed by atoms with Gasteiger partial charge in [0.25, 0.3) is 5.91 Å². The van der Waals surface area contributed by atoms with Crippen LogP contribution >= 0.6 is 27.5 Å². The van der Waals surface area contributed by atoms with Gasteiger partial charge in [0.1, 0.15) is 6.61 Å². The average molecular weight is 524 g/mol. The Labute approximate surface area is 205 Å². The summed E-state index contributed by atoms with van der Waals surface area (Å²) < 4.78 is 12.4. The van der Waals surface area contributed by atoms with Crippen LogP contribution in [0.5, 0.6) is 11.5 Å². The van der Waals surface area contributed by atoms with Crippen LogP contribution in [-0.4, -0.2) is 19.2 Å². The Morgan fingerprint density at radius 3 is 2.64 bits per heavy atom. The molecular formula is C26H20BrClN2O3. The Morgan fingerprint density at radius 2 is 1.82 bits per heavy atom. The fourth-order valence-corrected chi connectivity index (χ4v) is 4.19. The van der Waals surface area contributed by atoms with E-state index in [9.17, 15) is 4.79 Å². The Morgan fingerprint density at radius 1 is 1.06 bits per heavy atom. The summed E-state index contributed by atoms with van der Waals surface area (Å²) in [7, 11) is 1.58. The summed E-state index contributed by atoms with van der Waals surface area (Å²) in [4.78, 5) is 12.2. The molecule has 0 atom stereocenters. The molecule has 0 aromatic heterocycles. The predicted molar refractivity (Wildman–Crippen MR) is 135 cm³/mol. The van der Waals surface area contributed by atoms with E-state index in [0.29, 0.717) is 33.2 Å². The van der Waals surface area contributed by atoms with Crippen molar-refractivity contribution >= 4 is 50.4 Å². The smallest absolute Gasteiger partial charge is 0.272 e. The van der Waals surface area contributed by atoms with Gasteiger partial charge in [0.05, 0.1) is 28.4 Å². The third-order valence-corrected chi connectivity index (χ3v) is 5.92. The van der Waals surface area contributed by atoms with Gasteiger partial charge in [-0.3, -0.25) is 4.79 Å². The molecule has 166 valence electrons. The minimum atomic E-state index is -0.391. The third-order valence-electron chi connectivity index (χ3n) is 5.00.